The zero-order valence-corrected chi connectivity index (χ0v) is 15.9. The first-order valence-corrected chi connectivity index (χ1v) is 9.81. The van der Waals surface area contributed by atoms with Crippen molar-refractivity contribution in [1.82, 2.24) is 0 Å². The van der Waals surface area contributed by atoms with Crippen molar-refractivity contribution in [2.75, 3.05) is 0 Å². The summed E-state index contributed by atoms with van der Waals surface area (Å²) in [6.07, 6.45) is 11.0. The second kappa shape index (κ2) is 13.3. The number of unbranched alkanes of at least 4 members (excludes halogenated alkanes) is 8. The number of carbonyl (C=O) groups excluding carboxylic acids is 2. The highest BCUT2D eigenvalue weighted by atomic mass is 16.6. The van der Waals surface area contributed by atoms with Crippen LogP contribution in [0.3, 0.4) is 0 Å². The molecule has 0 spiro atoms. The minimum Gasteiger partial charge on any atom is -0.508 e. The lowest BCUT2D eigenvalue weighted by atomic mass is 10.1. The SMILES string of the molecule is CCCCCCCCCCCC(=O)OC(=O)C(N)Cc1ccc(O)cc1. The molecule has 0 aliphatic carbocycles. The van der Waals surface area contributed by atoms with Gasteiger partial charge in [0.1, 0.15) is 11.8 Å². The average molecular weight is 363 g/mol. The van der Waals surface area contributed by atoms with Crippen LogP contribution in [0.15, 0.2) is 24.3 Å². The van der Waals surface area contributed by atoms with Gasteiger partial charge in [-0.25, -0.2) is 4.79 Å². The number of esters is 2. The summed E-state index contributed by atoms with van der Waals surface area (Å²) >= 11 is 0. The van der Waals surface area contributed by atoms with Crippen molar-refractivity contribution in [2.45, 2.75) is 83.6 Å². The van der Waals surface area contributed by atoms with Crippen molar-refractivity contribution in [2.24, 2.45) is 5.73 Å². The van der Waals surface area contributed by atoms with Gasteiger partial charge in [-0.05, 0) is 30.5 Å². The maximum absolute atomic E-state index is 11.9. The Morgan fingerprint density at radius 2 is 1.50 bits per heavy atom. The van der Waals surface area contributed by atoms with Gasteiger partial charge in [0.2, 0.25) is 0 Å². The lowest BCUT2D eigenvalue weighted by Crippen LogP contribution is -2.35. The van der Waals surface area contributed by atoms with Gasteiger partial charge in [0, 0.05) is 6.42 Å². The molecular weight excluding hydrogens is 330 g/mol. The van der Waals surface area contributed by atoms with Gasteiger partial charge < -0.3 is 15.6 Å². The number of aromatic hydroxyl groups is 1. The van der Waals surface area contributed by atoms with Gasteiger partial charge in [-0.15, -0.1) is 0 Å². The fraction of sp³-hybridized carbons (Fsp3) is 0.619. The molecule has 5 heteroatoms. The number of nitrogens with two attached hydrogens (primary N) is 1. The van der Waals surface area contributed by atoms with Gasteiger partial charge in [-0.2, -0.15) is 0 Å². The van der Waals surface area contributed by atoms with Crippen LogP contribution in [-0.4, -0.2) is 23.1 Å². The first-order chi connectivity index (χ1) is 12.5. The van der Waals surface area contributed by atoms with Crippen LogP contribution in [0.4, 0.5) is 0 Å². The Balaban J connectivity index is 2.10. The fourth-order valence-corrected chi connectivity index (χ4v) is 2.79. The molecule has 3 N–H and O–H groups in total. The van der Waals surface area contributed by atoms with Crippen LogP contribution in [0.1, 0.15) is 76.7 Å². The van der Waals surface area contributed by atoms with E-state index in [1.54, 1.807) is 12.1 Å². The lowest BCUT2D eigenvalue weighted by molar-refractivity contribution is -0.160. The Bertz CT molecular complexity index is 527. The fourth-order valence-electron chi connectivity index (χ4n) is 2.79. The summed E-state index contributed by atoms with van der Waals surface area (Å²) in [4.78, 5) is 23.6. The Morgan fingerprint density at radius 1 is 0.962 bits per heavy atom. The lowest BCUT2D eigenvalue weighted by Gasteiger charge is -2.10. The molecule has 0 radical (unpaired) electrons. The van der Waals surface area contributed by atoms with Crippen LogP contribution in [0.5, 0.6) is 5.75 Å². The highest BCUT2D eigenvalue weighted by Gasteiger charge is 2.19. The second-order valence-corrected chi connectivity index (χ2v) is 6.85. The van der Waals surface area contributed by atoms with E-state index in [0.717, 1.165) is 24.8 Å². The maximum Gasteiger partial charge on any atom is 0.330 e. The van der Waals surface area contributed by atoms with Crippen molar-refractivity contribution in [3.05, 3.63) is 29.8 Å². The van der Waals surface area contributed by atoms with Crippen LogP contribution in [0, 0.1) is 0 Å². The molecule has 0 heterocycles. The van der Waals surface area contributed by atoms with Gasteiger partial charge in [-0.3, -0.25) is 4.79 Å². The molecule has 1 aromatic rings. The molecule has 0 saturated heterocycles. The molecule has 1 unspecified atom stereocenters. The number of hydrogen-bond donors (Lipinski definition) is 2. The van der Waals surface area contributed by atoms with Crippen molar-refractivity contribution >= 4 is 11.9 Å². The van der Waals surface area contributed by atoms with Gasteiger partial charge >= 0.3 is 11.9 Å². The number of carbonyl (C=O) groups is 2. The Labute approximate surface area is 156 Å². The quantitative estimate of drug-likeness (QED) is 0.311. The van der Waals surface area contributed by atoms with Crippen molar-refractivity contribution in [3.8, 4) is 5.75 Å². The van der Waals surface area contributed by atoms with Crippen LogP contribution in [-0.2, 0) is 20.7 Å². The van der Waals surface area contributed by atoms with E-state index in [4.69, 9.17) is 10.5 Å². The number of hydrogen-bond acceptors (Lipinski definition) is 5. The Hall–Kier alpha value is -1.88. The minimum atomic E-state index is -0.883. The molecule has 0 aromatic heterocycles. The van der Waals surface area contributed by atoms with E-state index >= 15 is 0 Å². The minimum absolute atomic E-state index is 0.154. The Kier molecular flexibility index (Phi) is 11.4. The monoisotopic (exact) mass is 363 g/mol. The van der Waals surface area contributed by atoms with Crippen LogP contribution in [0.2, 0.25) is 0 Å². The summed E-state index contributed by atoms with van der Waals surface area (Å²) in [5.74, 6) is -1.04. The number of phenols is 1. The van der Waals surface area contributed by atoms with Crippen LogP contribution in [0.25, 0.3) is 0 Å². The summed E-state index contributed by atoms with van der Waals surface area (Å²) in [7, 11) is 0. The number of benzene rings is 1. The molecule has 0 aliphatic heterocycles. The molecule has 0 saturated carbocycles. The average Bonchev–Trinajstić information content (AvgIpc) is 2.62. The molecule has 0 fully saturated rings. The van der Waals surface area contributed by atoms with E-state index < -0.39 is 18.0 Å². The molecule has 26 heavy (non-hydrogen) atoms. The van der Waals surface area contributed by atoms with Crippen molar-refractivity contribution in [3.63, 3.8) is 0 Å². The van der Waals surface area contributed by atoms with Crippen LogP contribution < -0.4 is 5.73 Å². The van der Waals surface area contributed by atoms with E-state index in [1.165, 1.54) is 50.7 Å². The van der Waals surface area contributed by atoms with Gasteiger partial charge in [0.15, 0.2) is 0 Å². The zero-order chi connectivity index (χ0) is 19.2. The zero-order valence-electron chi connectivity index (χ0n) is 15.9. The normalized spacial score (nSPS) is 11.9. The van der Waals surface area contributed by atoms with Gasteiger partial charge in [0.05, 0.1) is 0 Å². The molecule has 0 bridgehead atoms. The van der Waals surface area contributed by atoms with E-state index in [-0.39, 0.29) is 18.6 Å². The Morgan fingerprint density at radius 3 is 2.08 bits per heavy atom. The smallest absolute Gasteiger partial charge is 0.330 e. The molecule has 0 amide bonds. The number of rotatable bonds is 13. The predicted molar refractivity (Wildman–Crippen MR) is 103 cm³/mol. The topological polar surface area (TPSA) is 89.6 Å². The molecular formula is C21H33NO4. The third kappa shape index (κ3) is 10.2. The third-order valence-electron chi connectivity index (χ3n) is 4.39. The second-order valence-electron chi connectivity index (χ2n) is 6.85. The van der Waals surface area contributed by atoms with Crippen molar-refractivity contribution < 1.29 is 19.4 Å². The molecule has 1 atom stereocenters. The highest BCUT2D eigenvalue weighted by Crippen LogP contribution is 2.12. The first kappa shape index (κ1) is 22.2. The summed E-state index contributed by atoms with van der Waals surface area (Å²) < 4.78 is 4.83. The van der Waals surface area contributed by atoms with Crippen molar-refractivity contribution in [1.29, 1.82) is 0 Å². The predicted octanol–water partition coefficient (Wildman–Crippen LogP) is 4.25. The van der Waals surface area contributed by atoms with E-state index in [2.05, 4.69) is 6.92 Å². The highest BCUT2D eigenvalue weighted by molar-refractivity contribution is 5.88. The summed E-state index contributed by atoms with van der Waals surface area (Å²) in [6, 6.07) is 5.55. The summed E-state index contributed by atoms with van der Waals surface area (Å²) in [6.45, 7) is 2.21. The number of phenolic OH excluding ortho intramolecular Hbond substituents is 1. The van der Waals surface area contributed by atoms with E-state index in [9.17, 15) is 14.7 Å². The van der Waals surface area contributed by atoms with Gasteiger partial charge in [0.25, 0.3) is 0 Å². The van der Waals surface area contributed by atoms with Crippen LogP contribution >= 0.6 is 0 Å². The standard InChI is InChI=1S/C21H33NO4/c1-2-3-4-5-6-7-8-9-10-11-20(24)26-21(25)19(22)16-17-12-14-18(23)15-13-17/h12-15,19,23H,2-11,16,22H2,1H3. The van der Waals surface area contributed by atoms with E-state index in [1.807, 2.05) is 0 Å². The molecule has 1 rings (SSSR count). The van der Waals surface area contributed by atoms with E-state index in [0.29, 0.717) is 0 Å². The summed E-state index contributed by atoms with van der Waals surface area (Å²) in [5, 5.41) is 9.24. The summed E-state index contributed by atoms with van der Waals surface area (Å²) in [5.41, 5.74) is 6.59. The molecule has 0 aliphatic rings. The molecule has 1 aromatic carbocycles. The molecule has 5 nitrogen and oxygen atoms in total. The maximum atomic E-state index is 11.9. The third-order valence-corrected chi connectivity index (χ3v) is 4.39. The largest absolute Gasteiger partial charge is 0.508 e. The first-order valence-electron chi connectivity index (χ1n) is 9.81. The van der Waals surface area contributed by atoms with Gasteiger partial charge in [-0.1, -0.05) is 70.4 Å². The number of ether oxygens (including phenoxy) is 1. The molecule has 146 valence electrons.